The lowest BCUT2D eigenvalue weighted by Crippen LogP contribution is -2.26. The first-order chi connectivity index (χ1) is 19.3. The Morgan fingerprint density at radius 3 is 2.67 bits per heavy atom. The van der Waals surface area contributed by atoms with Gasteiger partial charge in [-0.25, -0.2) is 22.7 Å². The van der Waals surface area contributed by atoms with Crippen molar-refractivity contribution in [3.63, 3.8) is 0 Å². The first kappa shape index (κ1) is 27.5. The molecule has 1 aromatic carbocycles. The van der Waals surface area contributed by atoms with E-state index in [-0.39, 0.29) is 29.6 Å². The summed E-state index contributed by atoms with van der Waals surface area (Å²) in [7, 11) is 0. The molecule has 3 aromatic heterocycles. The predicted octanol–water partition coefficient (Wildman–Crippen LogP) is 6.02. The zero-order valence-electron chi connectivity index (χ0n) is 22.7. The third-order valence-electron chi connectivity index (χ3n) is 6.82. The molecule has 1 aliphatic heterocycles. The summed E-state index contributed by atoms with van der Waals surface area (Å²) in [6.45, 7) is 7.16. The van der Waals surface area contributed by atoms with Crippen LogP contribution in [0.15, 0.2) is 36.4 Å². The molecule has 10 heteroatoms. The second kappa shape index (κ2) is 11.6. The minimum absolute atomic E-state index is 0.0139. The van der Waals surface area contributed by atoms with E-state index in [1.54, 1.807) is 16.6 Å². The molecular formula is C30H31F3N4O3. The van der Waals surface area contributed by atoms with Crippen LogP contribution in [0.1, 0.15) is 66.8 Å². The predicted molar refractivity (Wildman–Crippen MR) is 144 cm³/mol. The Hall–Kier alpha value is -4.08. The second-order valence-electron chi connectivity index (χ2n) is 9.97. The van der Waals surface area contributed by atoms with Gasteiger partial charge in [-0.2, -0.15) is 5.10 Å². The van der Waals surface area contributed by atoms with E-state index in [4.69, 9.17) is 9.47 Å². The largest absolute Gasteiger partial charge is 0.490 e. The quantitative estimate of drug-likeness (QED) is 0.243. The van der Waals surface area contributed by atoms with E-state index >= 15 is 0 Å². The average Bonchev–Trinajstić information content (AvgIpc) is 3.53. The number of benzene rings is 1. The molecule has 0 radical (unpaired) electrons. The van der Waals surface area contributed by atoms with Gasteiger partial charge in [-0.1, -0.05) is 27.2 Å². The van der Waals surface area contributed by atoms with Crippen molar-refractivity contribution >= 4 is 11.4 Å². The van der Waals surface area contributed by atoms with E-state index in [1.807, 2.05) is 26.0 Å². The lowest BCUT2D eigenvalue weighted by Gasteiger charge is -2.13. The summed E-state index contributed by atoms with van der Waals surface area (Å²) < 4.78 is 55.6. The van der Waals surface area contributed by atoms with Gasteiger partial charge >= 0.3 is 0 Å². The fourth-order valence-corrected chi connectivity index (χ4v) is 4.79. The van der Waals surface area contributed by atoms with E-state index < -0.39 is 17.5 Å². The van der Waals surface area contributed by atoms with Crippen molar-refractivity contribution in [1.29, 1.82) is 0 Å². The number of nitrogens with one attached hydrogen (secondary N) is 1. The number of hydrogen-bond acceptors (Lipinski definition) is 5. The van der Waals surface area contributed by atoms with E-state index in [1.165, 1.54) is 0 Å². The van der Waals surface area contributed by atoms with Crippen LogP contribution in [0.25, 0.3) is 16.8 Å². The molecule has 1 amide bonds. The van der Waals surface area contributed by atoms with Crippen LogP contribution >= 0.6 is 0 Å². The zero-order chi connectivity index (χ0) is 28.4. The number of ether oxygens (including phenoxy) is 2. The Kier molecular flexibility index (Phi) is 7.95. The maximum atomic E-state index is 14.7. The van der Waals surface area contributed by atoms with Crippen molar-refractivity contribution in [2.75, 3.05) is 19.8 Å². The number of aromatic nitrogens is 3. The lowest BCUT2D eigenvalue weighted by molar-refractivity contribution is 0.0953. The molecule has 0 spiro atoms. The molecule has 0 bridgehead atoms. The number of hydrogen-bond donors (Lipinski definition) is 1. The maximum Gasteiger partial charge on any atom is 0.251 e. The van der Waals surface area contributed by atoms with Gasteiger partial charge in [-0.15, -0.1) is 0 Å². The van der Waals surface area contributed by atoms with Crippen molar-refractivity contribution in [2.24, 2.45) is 0 Å². The number of carbonyl (C=O) groups excluding carboxylic acids is 1. The topological polar surface area (TPSA) is 77.8 Å². The molecule has 0 saturated carbocycles. The summed E-state index contributed by atoms with van der Waals surface area (Å²) in [5.41, 5.74) is 3.46. The minimum Gasteiger partial charge on any atom is -0.490 e. The van der Waals surface area contributed by atoms with Gasteiger partial charge in [0.2, 0.25) is 5.88 Å². The minimum atomic E-state index is -1.56. The lowest BCUT2D eigenvalue weighted by atomic mass is 9.99. The molecule has 1 aliphatic rings. The van der Waals surface area contributed by atoms with Gasteiger partial charge in [0.05, 0.1) is 24.4 Å². The van der Waals surface area contributed by atoms with Crippen LogP contribution in [0.5, 0.6) is 11.6 Å². The Balaban J connectivity index is 1.37. The third kappa shape index (κ3) is 5.35. The first-order valence-corrected chi connectivity index (χ1v) is 13.5. The van der Waals surface area contributed by atoms with E-state index in [2.05, 4.69) is 22.3 Å². The Morgan fingerprint density at radius 1 is 1.07 bits per heavy atom. The fourth-order valence-electron chi connectivity index (χ4n) is 4.79. The number of amides is 1. The number of nitrogens with zero attached hydrogens (tertiary/aromatic N) is 3. The number of pyridine rings is 2. The normalized spacial score (nSPS) is 14.3. The highest BCUT2D eigenvalue weighted by Crippen LogP contribution is 2.42. The molecule has 5 rings (SSSR count). The zero-order valence-corrected chi connectivity index (χ0v) is 22.7. The smallest absolute Gasteiger partial charge is 0.251 e. The van der Waals surface area contributed by atoms with Crippen LogP contribution in [-0.2, 0) is 12.8 Å². The molecule has 4 aromatic rings. The molecule has 1 atom stereocenters. The molecule has 7 nitrogen and oxygen atoms in total. The highest BCUT2D eigenvalue weighted by molar-refractivity contribution is 5.95. The summed E-state index contributed by atoms with van der Waals surface area (Å²) in [4.78, 5) is 17.6. The van der Waals surface area contributed by atoms with Crippen molar-refractivity contribution in [2.45, 2.75) is 52.4 Å². The molecule has 0 fully saturated rings. The molecule has 1 unspecified atom stereocenters. The molecule has 0 saturated heterocycles. The van der Waals surface area contributed by atoms with Crippen molar-refractivity contribution in [1.82, 2.24) is 19.9 Å². The van der Waals surface area contributed by atoms with Gasteiger partial charge in [0, 0.05) is 47.3 Å². The van der Waals surface area contributed by atoms with Crippen LogP contribution in [-0.4, -0.2) is 40.3 Å². The summed E-state index contributed by atoms with van der Waals surface area (Å²) in [6.07, 6.45) is 2.92. The maximum absolute atomic E-state index is 14.7. The monoisotopic (exact) mass is 552 g/mol. The number of carbonyl (C=O) groups is 1. The van der Waals surface area contributed by atoms with E-state index in [0.29, 0.717) is 42.5 Å². The number of halogens is 3. The molecule has 1 N–H and O–H groups in total. The van der Waals surface area contributed by atoms with Gasteiger partial charge in [0.1, 0.15) is 11.4 Å². The van der Waals surface area contributed by atoms with Crippen LogP contribution in [0.4, 0.5) is 13.2 Å². The highest BCUT2D eigenvalue weighted by atomic mass is 19.2. The summed E-state index contributed by atoms with van der Waals surface area (Å²) >= 11 is 0. The van der Waals surface area contributed by atoms with Crippen LogP contribution < -0.4 is 14.8 Å². The molecule has 40 heavy (non-hydrogen) atoms. The van der Waals surface area contributed by atoms with E-state index in [0.717, 1.165) is 48.2 Å². The van der Waals surface area contributed by atoms with Crippen molar-refractivity contribution in [3.05, 3.63) is 76.4 Å². The van der Waals surface area contributed by atoms with Gasteiger partial charge < -0.3 is 14.8 Å². The summed E-state index contributed by atoms with van der Waals surface area (Å²) in [5, 5.41) is 7.53. The second-order valence-corrected chi connectivity index (χ2v) is 9.97. The van der Waals surface area contributed by atoms with E-state index in [9.17, 15) is 18.0 Å². The average molecular weight is 553 g/mol. The summed E-state index contributed by atoms with van der Waals surface area (Å²) in [5.74, 6) is -3.56. The third-order valence-corrected chi connectivity index (χ3v) is 6.82. The molecule has 210 valence electrons. The summed E-state index contributed by atoms with van der Waals surface area (Å²) in [6, 6.07) is 9.29. The Morgan fingerprint density at radius 2 is 1.90 bits per heavy atom. The first-order valence-electron chi connectivity index (χ1n) is 13.5. The Labute approximate surface area is 230 Å². The Bertz CT molecular complexity index is 1570. The standard InChI is InChI=1S/C30H31F3N4O3/c1-4-6-20-14-21-12-18(13-25(37(21)36-20)39-11-5-2)30(38)34-10-9-19-15-23-17(3)16-40-29(23)28(35-19)22-7-8-24(31)27(33)26(22)32/h7-8,12-15,17H,4-6,9-11,16H2,1-3H3,(H,34,38). The van der Waals surface area contributed by atoms with Gasteiger partial charge in [-0.3, -0.25) is 4.79 Å². The van der Waals surface area contributed by atoms with Gasteiger partial charge in [0.25, 0.3) is 5.91 Å². The molecular weight excluding hydrogens is 521 g/mol. The van der Waals surface area contributed by atoms with Gasteiger partial charge in [-0.05, 0) is 43.2 Å². The van der Waals surface area contributed by atoms with Crippen LogP contribution in [0.3, 0.4) is 0 Å². The van der Waals surface area contributed by atoms with Crippen molar-refractivity contribution < 1.29 is 27.4 Å². The number of aryl methyl sites for hydroxylation is 1. The number of fused-ring (bicyclic) bond motifs is 2. The highest BCUT2D eigenvalue weighted by Gasteiger charge is 2.28. The van der Waals surface area contributed by atoms with Crippen molar-refractivity contribution in [3.8, 4) is 22.9 Å². The van der Waals surface area contributed by atoms with Crippen LogP contribution in [0, 0.1) is 17.5 Å². The number of rotatable bonds is 10. The SMILES string of the molecule is CCCOc1cc(C(=O)NCCc2cc3c(c(-c4ccc(F)c(F)c4F)n2)OCC3C)cc2cc(CCC)nn12. The van der Waals surface area contributed by atoms with Crippen LogP contribution in [0.2, 0.25) is 0 Å². The molecule has 4 heterocycles. The fraction of sp³-hybridized carbons (Fsp3) is 0.367. The van der Waals surface area contributed by atoms with Gasteiger partial charge in [0.15, 0.2) is 17.5 Å². The molecule has 0 aliphatic carbocycles.